The van der Waals surface area contributed by atoms with Gasteiger partial charge in [0.25, 0.3) is 5.91 Å². The van der Waals surface area contributed by atoms with Crippen LogP contribution >= 0.6 is 0 Å². The molecule has 0 saturated heterocycles. The van der Waals surface area contributed by atoms with Crippen molar-refractivity contribution < 1.29 is 14.3 Å². The van der Waals surface area contributed by atoms with E-state index in [1.54, 1.807) is 11.8 Å². The Labute approximate surface area is 174 Å². The lowest BCUT2D eigenvalue weighted by Crippen LogP contribution is -2.50. The number of rotatable bonds is 8. The first-order valence-corrected chi connectivity index (χ1v) is 10.0. The maximum Gasteiger partial charge on any atom is 0.261 e. The average Bonchev–Trinajstić information content (AvgIpc) is 2.67. The maximum atomic E-state index is 13.0. The van der Waals surface area contributed by atoms with Crippen molar-refractivity contribution in [2.75, 3.05) is 6.61 Å². The van der Waals surface area contributed by atoms with Crippen LogP contribution in [0.2, 0.25) is 0 Å². The number of nitrogens with zero attached hydrogens (tertiary/aromatic N) is 1. The highest BCUT2D eigenvalue weighted by atomic mass is 16.5. The molecule has 5 nitrogen and oxygen atoms in total. The Kier molecular flexibility index (Phi) is 7.82. The molecule has 0 spiro atoms. The van der Waals surface area contributed by atoms with E-state index < -0.39 is 6.04 Å². The van der Waals surface area contributed by atoms with Crippen LogP contribution in [-0.2, 0) is 16.1 Å². The highest BCUT2D eigenvalue weighted by molar-refractivity contribution is 5.88. The molecule has 2 aromatic rings. The second-order valence-corrected chi connectivity index (χ2v) is 7.82. The third kappa shape index (κ3) is 6.34. The molecule has 0 aliphatic carbocycles. The van der Waals surface area contributed by atoms with E-state index in [0.29, 0.717) is 12.3 Å². The van der Waals surface area contributed by atoms with Crippen molar-refractivity contribution >= 4 is 11.8 Å². The van der Waals surface area contributed by atoms with Gasteiger partial charge in [-0.3, -0.25) is 9.59 Å². The molecule has 0 radical (unpaired) electrons. The molecule has 0 aromatic heterocycles. The average molecular weight is 397 g/mol. The first-order valence-electron chi connectivity index (χ1n) is 10.0. The molecule has 1 N–H and O–H groups in total. The lowest BCUT2D eigenvalue weighted by atomic mass is 10.1. The van der Waals surface area contributed by atoms with Gasteiger partial charge in [0.2, 0.25) is 5.91 Å². The number of nitrogens with one attached hydrogen (secondary N) is 1. The molecule has 0 aliphatic rings. The highest BCUT2D eigenvalue weighted by Gasteiger charge is 2.27. The first-order chi connectivity index (χ1) is 13.7. The summed E-state index contributed by atoms with van der Waals surface area (Å²) < 4.78 is 5.74. The number of carbonyl (C=O) groups excluding carboxylic acids is 2. The largest absolute Gasteiger partial charge is 0.484 e. The Morgan fingerprint density at radius 2 is 1.66 bits per heavy atom. The van der Waals surface area contributed by atoms with Gasteiger partial charge in [-0.25, -0.2) is 0 Å². The van der Waals surface area contributed by atoms with Crippen LogP contribution in [0.5, 0.6) is 5.75 Å². The van der Waals surface area contributed by atoms with Crippen molar-refractivity contribution in [2.24, 2.45) is 0 Å². The van der Waals surface area contributed by atoms with Crippen molar-refractivity contribution in [3.05, 3.63) is 64.7 Å². The van der Waals surface area contributed by atoms with Crippen molar-refractivity contribution in [1.29, 1.82) is 0 Å². The fourth-order valence-electron chi connectivity index (χ4n) is 2.99. The number of amides is 2. The molecule has 2 amide bonds. The Hall–Kier alpha value is -2.82. The van der Waals surface area contributed by atoms with Gasteiger partial charge in [-0.15, -0.1) is 0 Å². The van der Waals surface area contributed by atoms with Gasteiger partial charge < -0.3 is 15.0 Å². The van der Waals surface area contributed by atoms with E-state index in [1.807, 2.05) is 77.1 Å². The Balaban J connectivity index is 2.18. The van der Waals surface area contributed by atoms with Crippen LogP contribution in [0.25, 0.3) is 0 Å². The summed E-state index contributed by atoms with van der Waals surface area (Å²) in [6, 6.07) is 13.0. The minimum atomic E-state index is -0.604. The monoisotopic (exact) mass is 396 g/mol. The zero-order valence-electron chi connectivity index (χ0n) is 18.3. The van der Waals surface area contributed by atoms with Crippen LogP contribution in [0.3, 0.4) is 0 Å². The van der Waals surface area contributed by atoms with Crippen LogP contribution in [0.1, 0.15) is 43.0 Å². The summed E-state index contributed by atoms with van der Waals surface area (Å²) in [4.78, 5) is 27.2. The van der Waals surface area contributed by atoms with E-state index in [9.17, 15) is 9.59 Å². The number of carbonyl (C=O) groups is 2. The summed E-state index contributed by atoms with van der Waals surface area (Å²) in [6.45, 7) is 11.8. The second-order valence-electron chi connectivity index (χ2n) is 7.82. The summed E-state index contributed by atoms with van der Waals surface area (Å²) in [5.74, 6) is 0.252. The van der Waals surface area contributed by atoms with Crippen molar-refractivity contribution in [1.82, 2.24) is 10.2 Å². The summed E-state index contributed by atoms with van der Waals surface area (Å²) in [6.07, 6.45) is 0. The third-order valence-corrected chi connectivity index (χ3v) is 5.04. The quantitative estimate of drug-likeness (QED) is 0.735. The zero-order chi connectivity index (χ0) is 21.6. The minimum absolute atomic E-state index is 0.00662. The van der Waals surface area contributed by atoms with Gasteiger partial charge in [-0.05, 0) is 75.9 Å². The summed E-state index contributed by atoms with van der Waals surface area (Å²) in [5, 5.41) is 2.89. The van der Waals surface area contributed by atoms with Gasteiger partial charge in [-0.1, -0.05) is 30.3 Å². The lowest BCUT2D eigenvalue weighted by Gasteiger charge is -2.29. The molecule has 0 unspecified atom stereocenters. The van der Waals surface area contributed by atoms with E-state index in [2.05, 4.69) is 5.32 Å². The van der Waals surface area contributed by atoms with Crippen LogP contribution in [0.15, 0.2) is 42.5 Å². The van der Waals surface area contributed by atoms with E-state index in [4.69, 9.17) is 4.74 Å². The predicted octanol–water partition coefficient (Wildman–Crippen LogP) is 3.93. The normalized spacial score (nSPS) is 11.8. The van der Waals surface area contributed by atoms with E-state index in [1.165, 1.54) is 5.56 Å². The Morgan fingerprint density at radius 3 is 2.28 bits per heavy atom. The van der Waals surface area contributed by atoms with Crippen molar-refractivity contribution in [2.45, 2.75) is 60.2 Å². The molecule has 2 rings (SSSR count). The molecule has 156 valence electrons. The first kappa shape index (κ1) is 22.5. The number of hydrogen-bond donors (Lipinski definition) is 1. The molecule has 0 aliphatic heterocycles. The summed E-state index contributed by atoms with van der Waals surface area (Å²) in [5.41, 5.74) is 4.37. The van der Waals surface area contributed by atoms with Crippen LogP contribution in [-0.4, -0.2) is 35.4 Å². The second kappa shape index (κ2) is 10.1. The van der Waals surface area contributed by atoms with E-state index in [-0.39, 0.29) is 24.5 Å². The van der Waals surface area contributed by atoms with Crippen LogP contribution in [0, 0.1) is 20.8 Å². The molecular weight excluding hydrogens is 364 g/mol. The summed E-state index contributed by atoms with van der Waals surface area (Å²) in [7, 11) is 0. The molecular formula is C24H32N2O3. The smallest absolute Gasteiger partial charge is 0.261 e. The number of ether oxygens (including phenoxy) is 1. The molecule has 2 aromatic carbocycles. The standard InChI is InChI=1S/C24H32N2O3/c1-16(2)25-24(28)20(6)26(14-21-10-8-7-9-18(21)4)23(27)15-29-22-12-11-17(3)19(5)13-22/h7-13,16,20H,14-15H2,1-6H3,(H,25,28)/t20-/m1/s1. The SMILES string of the molecule is Cc1ccc(OCC(=O)N(Cc2ccccc2C)[C@H](C)C(=O)NC(C)C)cc1C. The fourth-order valence-corrected chi connectivity index (χ4v) is 2.99. The third-order valence-electron chi connectivity index (χ3n) is 5.04. The molecule has 0 saturated carbocycles. The minimum Gasteiger partial charge on any atom is -0.484 e. The van der Waals surface area contributed by atoms with Gasteiger partial charge in [0.1, 0.15) is 11.8 Å². The van der Waals surface area contributed by atoms with E-state index >= 15 is 0 Å². The predicted molar refractivity (Wildman–Crippen MR) is 116 cm³/mol. The van der Waals surface area contributed by atoms with Crippen molar-refractivity contribution in [3.8, 4) is 5.75 Å². The number of aryl methyl sites for hydroxylation is 3. The molecule has 0 bridgehead atoms. The van der Waals surface area contributed by atoms with Gasteiger partial charge in [-0.2, -0.15) is 0 Å². The maximum absolute atomic E-state index is 13.0. The Morgan fingerprint density at radius 1 is 0.966 bits per heavy atom. The fraction of sp³-hybridized carbons (Fsp3) is 0.417. The summed E-state index contributed by atoms with van der Waals surface area (Å²) >= 11 is 0. The van der Waals surface area contributed by atoms with Gasteiger partial charge in [0.15, 0.2) is 6.61 Å². The Bertz CT molecular complexity index is 861. The molecule has 1 atom stereocenters. The van der Waals surface area contributed by atoms with E-state index in [0.717, 1.165) is 16.7 Å². The van der Waals surface area contributed by atoms with Gasteiger partial charge in [0, 0.05) is 12.6 Å². The van der Waals surface area contributed by atoms with Crippen molar-refractivity contribution in [3.63, 3.8) is 0 Å². The van der Waals surface area contributed by atoms with Crippen LogP contribution < -0.4 is 10.1 Å². The molecule has 0 heterocycles. The number of hydrogen-bond acceptors (Lipinski definition) is 3. The molecule has 29 heavy (non-hydrogen) atoms. The van der Waals surface area contributed by atoms with Gasteiger partial charge >= 0.3 is 0 Å². The zero-order valence-corrected chi connectivity index (χ0v) is 18.3. The topological polar surface area (TPSA) is 58.6 Å². The molecule has 0 fully saturated rings. The molecule has 5 heteroatoms. The lowest BCUT2D eigenvalue weighted by molar-refractivity contribution is -0.142. The van der Waals surface area contributed by atoms with Gasteiger partial charge in [0.05, 0.1) is 0 Å². The van der Waals surface area contributed by atoms with Crippen LogP contribution in [0.4, 0.5) is 0 Å². The number of benzene rings is 2. The highest BCUT2D eigenvalue weighted by Crippen LogP contribution is 2.18.